The normalized spacial score (nSPS) is 11.0. The van der Waals surface area contributed by atoms with Crippen LogP contribution in [0.4, 0.5) is 16.3 Å². The molecular formula is C15H19N5O5. The van der Waals surface area contributed by atoms with E-state index in [2.05, 4.69) is 20.6 Å². The number of imidazole rings is 1. The Labute approximate surface area is 143 Å². The molecule has 2 amide bonds. The number of rotatable bonds is 4. The lowest BCUT2D eigenvalue weighted by Gasteiger charge is -2.19. The van der Waals surface area contributed by atoms with Gasteiger partial charge in [-0.2, -0.15) is 0 Å². The molecule has 0 aliphatic heterocycles. The van der Waals surface area contributed by atoms with Crippen molar-refractivity contribution in [1.29, 1.82) is 0 Å². The highest BCUT2D eigenvalue weighted by Crippen LogP contribution is 2.15. The molecule has 0 spiro atoms. The van der Waals surface area contributed by atoms with Crippen molar-refractivity contribution in [2.75, 3.05) is 10.6 Å². The zero-order valence-electron chi connectivity index (χ0n) is 14.2. The first-order valence-electron chi connectivity index (χ1n) is 7.31. The Morgan fingerprint density at radius 3 is 2.52 bits per heavy atom. The van der Waals surface area contributed by atoms with Gasteiger partial charge in [-0.05, 0) is 26.8 Å². The van der Waals surface area contributed by atoms with Crippen molar-refractivity contribution in [3.63, 3.8) is 0 Å². The van der Waals surface area contributed by atoms with Gasteiger partial charge in [0, 0.05) is 19.4 Å². The fraction of sp³-hybridized carbons (Fsp3) is 0.333. The molecule has 25 heavy (non-hydrogen) atoms. The van der Waals surface area contributed by atoms with Gasteiger partial charge in [0.2, 0.25) is 5.82 Å². The van der Waals surface area contributed by atoms with E-state index in [-0.39, 0.29) is 17.3 Å². The van der Waals surface area contributed by atoms with Crippen molar-refractivity contribution < 1.29 is 24.2 Å². The Kier molecular flexibility index (Phi) is 4.82. The molecule has 0 radical (unpaired) electrons. The molecule has 2 aromatic heterocycles. The molecule has 0 saturated heterocycles. The third kappa shape index (κ3) is 4.83. The van der Waals surface area contributed by atoms with E-state index >= 15 is 0 Å². The number of hydrogen-bond donors (Lipinski definition) is 4. The van der Waals surface area contributed by atoms with Crippen LogP contribution in [-0.4, -0.2) is 43.2 Å². The van der Waals surface area contributed by atoms with Crippen molar-refractivity contribution in [2.45, 2.75) is 26.4 Å². The Morgan fingerprint density at radius 2 is 1.96 bits per heavy atom. The van der Waals surface area contributed by atoms with Crippen molar-refractivity contribution in [3.8, 4) is 0 Å². The SMILES string of the molecule is Cn1cc(NC(=O)c2cc(NC(=O)OC(C)(C)C)c[nH]2)nc1C(=O)O. The Morgan fingerprint density at radius 1 is 1.28 bits per heavy atom. The molecule has 2 heterocycles. The smallest absolute Gasteiger partial charge is 0.412 e. The molecular weight excluding hydrogens is 330 g/mol. The van der Waals surface area contributed by atoms with E-state index < -0.39 is 23.6 Å². The van der Waals surface area contributed by atoms with Crippen LogP contribution in [0.25, 0.3) is 0 Å². The highest BCUT2D eigenvalue weighted by molar-refractivity contribution is 6.03. The number of aromatic nitrogens is 3. The van der Waals surface area contributed by atoms with E-state index in [0.717, 1.165) is 0 Å². The van der Waals surface area contributed by atoms with Gasteiger partial charge < -0.3 is 24.7 Å². The Hall–Kier alpha value is -3.30. The highest BCUT2D eigenvalue weighted by Gasteiger charge is 2.18. The average Bonchev–Trinajstić information content (AvgIpc) is 3.03. The topological polar surface area (TPSA) is 138 Å². The molecule has 134 valence electrons. The average molecular weight is 349 g/mol. The lowest BCUT2D eigenvalue weighted by atomic mass is 10.2. The van der Waals surface area contributed by atoms with Crippen LogP contribution in [0.3, 0.4) is 0 Å². The van der Waals surface area contributed by atoms with Crippen LogP contribution in [-0.2, 0) is 11.8 Å². The van der Waals surface area contributed by atoms with Crippen molar-refractivity contribution in [1.82, 2.24) is 14.5 Å². The van der Waals surface area contributed by atoms with Crippen LogP contribution in [0.5, 0.6) is 0 Å². The number of carboxylic acid groups (broad SMARTS) is 1. The molecule has 10 heteroatoms. The maximum Gasteiger partial charge on any atom is 0.412 e. The third-order valence-corrected chi connectivity index (χ3v) is 2.88. The predicted molar refractivity (Wildman–Crippen MR) is 88.8 cm³/mol. The number of amides is 2. The van der Waals surface area contributed by atoms with Gasteiger partial charge in [0.25, 0.3) is 5.91 Å². The summed E-state index contributed by atoms with van der Waals surface area (Å²) in [5, 5.41) is 13.9. The second-order valence-electron chi connectivity index (χ2n) is 6.25. The fourth-order valence-corrected chi connectivity index (χ4v) is 1.93. The molecule has 0 saturated carbocycles. The molecule has 4 N–H and O–H groups in total. The number of carbonyl (C=O) groups excluding carboxylic acids is 2. The van der Waals surface area contributed by atoms with Gasteiger partial charge in [-0.25, -0.2) is 14.6 Å². The first kappa shape index (κ1) is 18.0. The van der Waals surface area contributed by atoms with Crippen LogP contribution >= 0.6 is 0 Å². The van der Waals surface area contributed by atoms with Crippen LogP contribution < -0.4 is 10.6 Å². The maximum atomic E-state index is 12.1. The van der Waals surface area contributed by atoms with E-state index in [9.17, 15) is 14.4 Å². The monoisotopic (exact) mass is 349 g/mol. The molecule has 2 rings (SSSR count). The minimum Gasteiger partial charge on any atom is -0.475 e. The van der Waals surface area contributed by atoms with E-state index in [1.165, 1.54) is 30.1 Å². The summed E-state index contributed by atoms with van der Waals surface area (Å²) in [7, 11) is 1.50. The number of aromatic amines is 1. The van der Waals surface area contributed by atoms with Crippen LogP contribution in [0.15, 0.2) is 18.5 Å². The number of ether oxygens (including phenoxy) is 1. The number of aromatic carboxylic acids is 1. The molecule has 0 atom stereocenters. The second-order valence-corrected chi connectivity index (χ2v) is 6.25. The molecule has 0 aromatic carbocycles. The first-order chi connectivity index (χ1) is 11.5. The lowest BCUT2D eigenvalue weighted by Crippen LogP contribution is -2.27. The lowest BCUT2D eigenvalue weighted by molar-refractivity contribution is 0.0633. The summed E-state index contributed by atoms with van der Waals surface area (Å²) in [5.74, 6) is -1.84. The van der Waals surface area contributed by atoms with Crippen molar-refractivity contribution in [2.24, 2.45) is 7.05 Å². The summed E-state index contributed by atoms with van der Waals surface area (Å²) in [6.45, 7) is 5.21. The predicted octanol–water partition coefficient (Wildman–Crippen LogP) is 2.05. The highest BCUT2D eigenvalue weighted by atomic mass is 16.6. The van der Waals surface area contributed by atoms with Crippen molar-refractivity contribution in [3.05, 3.63) is 30.0 Å². The molecule has 0 bridgehead atoms. The maximum absolute atomic E-state index is 12.1. The summed E-state index contributed by atoms with van der Waals surface area (Å²) < 4.78 is 6.39. The summed E-state index contributed by atoms with van der Waals surface area (Å²) in [4.78, 5) is 41.3. The first-order valence-corrected chi connectivity index (χ1v) is 7.31. The minimum absolute atomic E-state index is 0.0983. The van der Waals surface area contributed by atoms with Crippen LogP contribution in [0.1, 0.15) is 41.9 Å². The summed E-state index contributed by atoms with van der Waals surface area (Å²) >= 11 is 0. The van der Waals surface area contributed by atoms with Gasteiger partial charge in [-0.3, -0.25) is 10.1 Å². The van der Waals surface area contributed by atoms with E-state index in [4.69, 9.17) is 9.84 Å². The summed E-state index contributed by atoms with van der Waals surface area (Å²) in [5.41, 5.74) is -0.123. The number of nitrogens with zero attached hydrogens (tertiary/aromatic N) is 2. The molecule has 2 aromatic rings. The number of aryl methyl sites for hydroxylation is 1. The zero-order valence-corrected chi connectivity index (χ0v) is 14.2. The second kappa shape index (κ2) is 6.67. The quantitative estimate of drug-likeness (QED) is 0.666. The summed E-state index contributed by atoms with van der Waals surface area (Å²) in [6, 6.07) is 1.42. The van der Waals surface area contributed by atoms with Gasteiger partial charge in [0.05, 0.1) is 5.69 Å². The molecule has 0 aliphatic carbocycles. The minimum atomic E-state index is -1.20. The van der Waals surface area contributed by atoms with Crippen LogP contribution in [0, 0.1) is 0 Å². The largest absolute Gasteiger partial charge is 0.475 e. The fourth-order valence-electron chi connectivity index (χ4n) is 1.93. The molecule has 0 unspecified atom stereocenters. The summed E-state index contributed by atoms with van der Waals surface area (Å²) in [6.07, 6.45) is 2.17. The number of carbonyl (C=O) groups is 3. The van der Waals surface area contributed by atoms with Crippen molar-refractivity contribution >= 4 is 29.5 Å². The molecule has 0 fully saturated rings. The Balaban J connectivity index is 2.02. The van der Waals surface area contributed by atoms with Gasteiger partial charge >= 0.3 is 12.1 Å². The number of H-pyrrole nitrogens is 1. The number of carboxylic acids is 1. The van der Waals surface area contributed by atoms with Gasteiger partial charge in [0.15, 0.2) is 5.82 Å². The molecule has 10 nitrogen and oxygen atoms in total. The van der Waals surface area contributed by atoms with Gasteiger partial charge in [-0.15, -0.1) is 0 Å². The van der Waals surface area contributed by atoms with E-state index in [1.54, 1.807) is 20.8 Å². The van der Waals surface area contributed by atoms with E-state index in [0.29, 0.717) is 5.69 Å². The standard InChI is InChI=1S/C15H19N5O5/c1-15(2,3)25-14(24)17-8-5-9(16-6-8)12(21)19-10-7-20(4)11(18-10)13(22)23/h5-7,16H,1-4H3,(H,17,24)(H,19,21)(H,22,23). The van der Waals surface area contributed by atoms with Gasteiger partial charge in [-0.1, -0.05) is 0 Å². The van der Waals surface area contributed by atoms with E-state index in [1.807, 2.05) is 0 Å². The van der Waals surface area contributed by atoms with Gasteiger partial charge in [0.1, 0.15) is 11.3 Å². The third-order valence-electron chi connectivity index (χ3n) is 2.88. The Bertz CT molecular complexity index is 815. The number of hydrogen-bond acceptors (Lipinski definition) is 5. The zero-order chi connectivity index (χ0) is 18.8. The number of anilines is 2. The van der Waals surface area contributed by atoms with Crippen LogP contribution in [0.2, 0.25) is 0 Å². The number of nitrogens with one attached hydrogen (secondary N) is 3. The molecule has 0 aliphatic rings.